The Balaban J connectivity index is 1.95. The molecule has 18 heavy (non-hydrogen) atoms. The fourth-order valence-electron chi connectivity index (χ4n) is 3.02. The summed E-state index contributed by atoms with van der Waals surface area (Å²) in [5, 5.41) is 2.98. The van der Waals surface area contributed by atoms with E-state index >= 15 is 0 Å². The molecule has 1 spiro atoms. The highest BCUT2D eigenvalue weighted by Gasteiger charge is 2.52. The number of fused-ring (bicyclic) bond motifs is 4. The first kappa shape index (κ1) is 9.71. The number of benzene rings is 1. The minimum Gasteiger partial charge on any atom is -0.346 e. The quantitative estimate of drug-likeness (QED) is 0.748. The van der Waals surface area contributed by atoms with Gasteiger partial charge in [0.05, 0.1) is 0 Å². The van der Waals surface area contributed by atoms with Gasteiger partial charge in [-0.05, 0) is 24.3 Å². The van der Waals surface area contributed by atoms with Gasteiger partial charge in [-0.2, -0.15) is 0 Å². The van der Waals surface area contributed by atoms with Crippen molar-refractivity contribution in [3.63, 3.8) is 0 Å². The van der Waals surface area contributed by atoms with Crippen LogP contribution in [-0.2, 0) is 10.3 Å². The summed E-state index contributed by atoms with van der Waals surface area (Å²) in [6.07, 6.45) is 10.2. The molecule has 1 aromatic carbocycles. The Morgan fingerprint density at radius 2 is 2.17 bits per heavy atom. The van der Waals surface area contributed by atoms with Gasteiger partial charge in [-0.3, -0.25) is 4.79 Å². The fourth-order valence-corrected chi connectivity index (χ4v) is 3.02. The maximum Gasteiger partial charge on any atom is 0.259 e. The van der Waals surface area contributed by atoms with Crippen molar-refractivity contribution < 1.29 is 4.79 Å². The first-order valence-electron chi connectivity index (χ1n) is 6.07. The number of hydrogen-bond acceptors (Lipinski definition) is 2. The standard InChI is InChI=1S/C15H12N2O/c18-14-15(12-6-1-2-7-13(12)16-14)9-8-11-5-3-4-10-17(11)15/h1-9H,10H2,(H,16,18). The third kappa shape index (κ3) is 0.973. The molecule has 3 heterocycles. The number of para-hydroxylation sites is 1. The molecule has 3 aliphatic rings. The van der Waals surface area contributed by atoms with E-state index in [-0.39, 0.29) is 5.91 Å². The molecule has 1 amide bonds. The molecule has 4 rings (SSSR count). The summed E-state index contributed by atoms with van der Waals surface area (Å²) in [5.41, 5.74) is 2.42. The number of allylic oxidation sites excluding steroid dienone is 3. The molecule has 3 nitrogen and oxygen atoms in total. The largest absolute Gasteiger partial charge is 0.346 e. The molecule has 0 bridgehead atoms. The highest BCUT2D eigenvalue weighted by atomic mass is 16.2. The summed E-state index contributed by atoms with van der Waals surface area (Å²) in [4.78, 5) is 14.6. The number of nitrogens with zero attached hydrogens (tertiary/aromatic N) is 1. The van der Waals surface area contributed by atoms with E-state index in [0.29, 0.717) is 0 Å². The number of carbonyl (C=O) groups is 1. The molecule has 1 unspecified atom stereocenters. The fraction of sp³-hybridized carbons (Fsp3) is 0.133. The van der Waals surface area contributed by atoms with Crippen LogP contribution < -0.4 is 5.32 Å². The molecule has 0 saturated heterocycles. The molecule has 1 atom stereocenters. The van der Waals surface area contributed by atoms with E-state index in [1.54, 1.807) is 0 Å². The zero-order valence-corrected chi connectivity index (χ0v) is 9.76. The summed E-state index contributed by atoms with van der Waals surface area (Å²) in [6, 6.07) is 7.91. The van der Waals surface area contributed by atoms with Crippen molar-refractivity contribution in [2.75, 3.05) is 11.9 Å². The number of nitrogens with one attached hydrogen (secondary N) is 1. The number of anilines is 1. The zero-order chi connectivity index (χ0) is 12.2. The predicted octanol–water partition coefficient (Wildman–Crippen LogP) is 2.16. The van der Waals surface area contributed by atoms with Gasteiger partial charge in [0.1, 0.15) is 0 Å². The van der Waals surface area contributed by atoms with E-state index in [2.05, 4.69) is 16.3 Å². The molecular formula is C15H12N2O. The topological polar surface area (TPSA) is 32.3 Å². The van der Waals surface area contributed by atoms with Crippen molar-refractivity contribution >= 4 is 11.6 Å². The lowest BCUT2D eigenvalue weighted by molar-refractivity contribution is -0.123. The summed E-state index contributed by atoms with van der Waals surface area (Å²) in [6.45, 7) is 0.764. The smallest absolute Gasteiger partial charge is 0.259 e. The molecule has 0 fully saturated rings. The Labute approximate surface area is 105 Å². The molecule has 88 valence electrons. The molecule has 3 aliphatic heterocycles. The van der Waals surface area contributed by atoms with E-state index in [1.807, 2.05) is 48.6 Å². The van der Waals surface area contributed by atoms with Crippen LogP contribution in [0.4, 0.5) is 5.69 Å². The van der Waals surface area contributed by atoms with Crippen molar-refractivity contribution in [2.45, 2.75) is 5.54 Å². The molecule has 0 radical (unpaired) electrons. The van der Waals surface area contributed by atoms with E-state index in [9.17, 15) is 4.79 Å². The van der Waals surface area contributed by atoms with Gasteiger partial charge in [0.15, 0.2) is 5.54 Å². The van der Waals surface area contributed by atoms with Crippen molar-refractivity contribution in [1.29, 1.82) is 0 Å². The van der Waals surface area contributed by atoms with Crippen LogP contribution >= 0.6 is 0 Å². The minimum atomic E-state index is -0.646. The summed E-state index contributed by atoms with van der Waals surface area (Å²) >= 11 is 0. The van der Waals surface area contributed by atoms with Crippen LogP contribution in [0.25, 0.3) is 0 Å². The SMILES string of the molecule is O=C1Nc2ccccc2C12C=CC1=CC=CCN12. The lowest BCUT2D eigenvalue weighted by Crippen LogP contribution is -2.46. The Kier molecular flexibility index (Phi) is 1.69. The molecule has 3 heteroatoms. The Morgan fingerprint density at radius 1 is 1.28 bits per heavy atom. The van der Waals surface area contributed by atoms with Gasteiger partial charge in [-0.1, -0.05) is 30.4 Å². The van der Waals surface area contributed by atoms with Crippen LogP contribution in [0.2, 0.25) is 0 Å². The number of hydrogen-bond donors (Lipinski definition) is 1. The van der Waals surface area contributed by atoms with E-state index in [0.717, 1.165) is 23.5 Å². The molecular weight excluding hydrogens is 224 g/mol. The Hall–Kier alpha value is -2.29. The third-order valence-electron chi connectivity index (χ3n) is 3.86. The second-order valence-electron chi connectivity index (χ2n) is 4.73. The van der Waals surface area contributed by atoms with Crippen LogP contribution in [0.15, 0.2) is 60.3 Å². The average molecular weight is 236 g/mol. The van der Waals surface area contributed by atoms with Crippen molar-refractivity contribution in [3.8, 4) is 0 Å². The summed E-state index contributed by atoms with van der Waals surface area (Å²) in [7, 11) is 0. The van der Waals surface area contributed by atoms with Crippen molar-refractivity contribution in [2.24, 2.45) is 0 Å². The molecule has 0 saturated carbocycles. The van der Waals surface area contributed by atoms with E-state index in [1.165, 1.54) is 0 Å². The van der Waals surface area contributed by atoms with Crippen LogP contribution in [0, 0.1) is 0 Å². The first-order chi connectivity index (χ1) is 8.82. The Bertz CT molecular complexity index is 642. The lowest BCUT2D eigenvalue weighted by atomic mass is 9.91. The van der Waals surface area contributed by atoms with Crippen molar-refractivity contribution in [3.05, 3.63) is 65.9 Å². The van der Waals surface area contributed by atoms with E-state index < -0.39 is 5.54 Å². The van der Waals surface area contributed by atoms with E-state index in [4.69, 9.17) is 0 Å². The molecule has 0 aliphatic carbocycles. The maximum atomic E-state index is 12.5. The van der Waals surface area contributed by atoms with Crippen molar-refractivity contribution in [1.82, 2.24) is 4.90 Å². The monoisotopic (exact) mass is 236 g/mol. The van der Waals surface area contributed by atoms with Gasteiger partial charge >= 0.3 is 0 Å². The van der Waals surface area contributed by atoms with Crippen LogP contribution in [0.3, 0.4) is 0 Å². The molecule has 1 N–H and O–H groups in total. The number of amides is 1. The highest BCUT2D eigenvalue weighted by molar-refractivity contribution is 6.08. The normalized spacial score (nSPS) is 27.2. The predicted molar refractivity (Wildman–Crippen MR) is 69.8 cm³/mol. The van der Waals surface area contributed by atoms with Gasteiger partial charge in [0.2, 0.25) is 0 Å². The minimum absolute atomic E-state index is 0.0404. The second kappa shape index (κ2) is 3.13. The van der Waals surface area contributed by atoms with Crippen LogP contribution in [0.1, 0.15) is 5.56 Å². The second-order valence-corrected chi connectivity index (χ2v) is 4.73. The molecule has 0 aromatic heterocycles. The lowest BCUT2D eigenvalue weighted by Gasteiger charge is -2.35. The highest BCUT2D eigenvalue weighted by Crippen LogP contribution is 2.47. The zero-order valence-electron chi connectivity index (χ0n) is 9.76. The Morgan fingerprint density at radius 3 is 3.11 bits per heavy atom. The van der Waals surface area contributed by atoms with Gasteiger partial charge in [0.25, 0.3) is 5.91 Å². The van der Waals surface area contributed by atoms with Gasteiger partial charge < -0.3 is 10.2 Å². The average Bonchev–Trinajstić information content (AvgIpc) is 2.92. The van der Waals surface area contributed by atoms with Crippen LogP contribution in [0.5, 0.6) is 0 Å². The van der Waals surface area contributed by atoms with Gasteiger partial charge in [0, 0.05) is 23.5 Å². The number of rotatable bonds is 0. The summed E-state index contributed by atoms with van der Waals surface area (Å²) in [5.74, 6) is 0.0404. The third-order valence-corrected chi connectivity index (χ3v) is 3.86. The van der Waals surface area contributed by atoms with Gasteiger partial charge in [-0.15, -0.1) is 0 Å². The number of carbonyl (C=O) groups excluding carboxylic acids is 1. The summed E-state index contributed by atoms with van der Waals surface area (Å²) < 4.78 is 0. The maximum absolute atomic E-state index is 12.5. The first-order valence-corrected chi connectivity index (χ1v) is 6.07. The van der Waals surface area contributed by atoms with Crippen LogP contribution in [-0.4, -0.2) is 17.4 Å². The molecule has 1 aromatic rings. The van der Waals surface area contributed by atoms with Gasteiger partial charge in [-0.25, -0.2) is 0 Å².